The van der Waals surface area contributed by atoms with Gasteiger partial charge in [0.2, 0.25) is 0 Å². The van der Waals surface area contributed by atoms with E-state index in [0.29, 0.717) is 0 Å². The third-order valence-corrected chi connectivity index (χ3v) is 1.22. The maximum Gasteiger partial charge on any atom is 0.294 e. The molecule has 0 saturated heterocycles. The van der Waals surface area contributed by atoms with E-state index in [0.717, 1.165) is 0 Å². The number of para-hydroxylation sites is 2. The molecule has 0 radical (unpaired) electrons. The molecule has 1 aromatic carbocycles. The van der Waals surface area contributed by atoms with Crippen LogP contribution >= 0.6 is 0 Å². The Morgan fingerprint density at radius 2 is 2.00 bits per heavy atom. The Morgan fingerprint density at radius 3 is 2.42 bits per heavy atom. The van der Waals surface area contributed by atoms with Gasteiger partial charge < -0.3 is 6.15 Å². The summed E-state index contributed by atoms with van der Waals surface area (Å²) < 4.78 is 0. The lowest BCUT2D eigenvalue weighted by molar-refractivity contribution is -0.384. The van der Waals surface area contributed by atoms with E-state index in [1.54, 1.807) is 11.5 Å². The summed E-state index contributed by atoms with van der Waals surface area (Å²) in [5.74, 6) is 0. The molecule has 0 amide bonds. The summed E-state index contributed by atoms with van der Waals surface area (Å²) in [4.78, 5) is 9.66. The van der Waals surface area contributed by atoms with Gasteiger partial charge in [-0.3, -0.25) is 20.8 Å². The Bertz CT molecular complexity index is 276. The highest BCUT2D eigenvalue weighted by atomic mass is 16.6. The zero-order valence-corrected chi connectivity index (χ0v) is 6.23. The fourth-order valence-electron chi connectivity index (χ4n) is 0.727. The van der Waals surface area contributed by atoms with Gasteiger partial charge >= 0.3 is 0 Å². The lowest BCUT2D eigenvalue weighted by atomic mass is 10.3. The van der Waals surface area contributed by atoms with Crippen molar-refractivity contribution in [1.82, 2.24) is 6.15 Å². The van der Waals surface area contributed by atoms with E-state index in [2.05, 4.69) is 0 Å². The van der Waals surface area contributed by atoms with Crippen LogP contribution in [0.15, 0.2) is 24.3 Å². The second-order valence-corrected chi connectivity index (χ2v) is 1.89. The van der Waals surface area contributed by atoms with E-state index in [9.17, 15) is 10.1 Å². The van der Waals surface area contributed by atoms with Crippen LogP contribution in [0.25, 0.3) is 0 Å². The third kappa shape index (κ3) is 1.91. The van der Waals surface area contributed by atoms with E-state index in [-0.39, 0.29) is 17.5 Å². The molecule has 0 aliphatic heterocycles. The van der Waals surface area contributed by atoms with Crippen LogP contribution in [0.3, 0.4) is 0 Å². The monoisotopic (exact) mass is 171 g/mol. The van der Waals surface area contributed by atoms with Crippen LogP contribution in [-0.4, -0.2) is 10.1 Å². The molecule has 0 fully saturated rings. The quantitative estimate of drug-likeness (QED) is 0.461. The van der Waals surface area contributed by atoms with Crippen molar-refractivity contribution in [3.8, 4) is 0 Å². The van der Waals surface area contributed by atoms with E-state index in [4.69, 9.17) is 5.21 Å². The standard InChI is InChI=1S/C6H6N2O3.H3N/c9-7-5-3-1-2-4-6(5)8(10)11;/h1-4,7,9H;1H3. The normalized spacial score (nSPS) is 8.42. The predicted octanol–water partition coefficient (Wildman–Crippen LogP) is 1.56. The van der Waals surface area contributed by atoms with Gasteiger partial charge in [-0.1, -0.05) is 12.1 Å². The van der Waals surface area contributed by atoms with Crippen LogP contribution in [0.5, 0.6) is 0 Å². The molecule has 66 valence electrons. The molecule has 0 bridgehead atoms. The number of nitro groups is 1. The summed E-state index contributed by atoms with van der Waals surface area (Å²) in [6.45, 7) is 0. The number of anilines is 1. The third-order valence-electron chi connectivity index (χ3n) is 1.22. The smallest absolute Gasteiger partial charge is 0.294 e. The highest BCUT2D eigenvalue weighted by Crippen LogP contribution is 2.21. The zero-order valence-electron chi connectivity index (χ0n) is 6.23. The van der Waals surface area contributed by atoms with Crippen molar-refractivity contribution in [2.24, 2.45) is 0 Å². The largest absolute Gasteiger partial charge is 0.344 e. The summed E-state index contributed by atoms with van der Waals surface area (Å²) in [5, 5.41) is 18.6. The average molecular weight is 171 g/mol. The second kappa shape index (κ2) is 4.27. The van der Waals surface area contributed by atoms with Gasteiger partial charge in [0.25, 0.3) is 5.69 Å². The summed E-state index contributed by atoms with van der Waals surface area (Å²) >= 11 is 0. The topological polar surface area (TPSA) is 110 Å². The Morgan fingerprint density at radius 1 is 1.42 bits per heavy atom. The lowest BCUT2D eigenvalue weighted by Crippen LogP contribution is -1.95. The van der Waals surface area contributed by atoms with E-state index < -0.39 is 4.92 Å². The molecule has 6 heteroatoms. The number of hydrogen-bond acceptors (Lipinski definition) is 5. The molecule has 6 nitrogen and oxygen atoms in total. The van der Waals surface area contributed by atoms with Gasteiger partial charge in [0.1, 0.15) is 5.69 Å². The lowest BCUT2D eigenvalue weighted by Gasteiger charge is -1.97. The number of nitro benzene ring substituents is 1. The summed E-state index contributed by atoms with van der Waals surface area (Å²) in [6.07, 6.45) is 0. The van der Waals surface area contributed by atoms with Crippen LogP contribution in [-0.2, 0) is 0 Å². The first-order chi connectivity index (χ1) is 5.25. The maximum absolute atomic E-state index is 10.2. The van der Waals surface area contributed by atoms with Crippen molar-refractivity contribution in [3.63, 3.8) is 0 Å². The Balaban J connectivity index is 0.00000121. The highest BCUT2D eigenvalue weighted by Gasteiger charge is 2.10. The maximum atomic E-state index is 10.2. The van der Waals surface area contributed by atoms with E-state index in [1.165, 1.54) is 18.2 Å². The Hall–Kier alpha value is -1.66. The fraction of sp³-hybridized carbons (Fsp3) is 0. The van der Waals surface area contributed by atoms with Gasteiger partial charge in [-0.2, -0.15) is 0 Å². The molecular formula is C6H9N3O3. The van der Waals surface area contributed by atoms with Crippen molar-refractivity contribution < 1.29 is 10.1 Å². The molecule has 0 aliphatic carbocycles. The van der Waals surface area contributed by atoms with Gasteiger partial charge in [-0.05, 0) is 6.07 Å². The molecule has 0 saturated carbocycles. The Kier molecular flexibility index (Phi) is 3.68. The van der Waals surface area contributed by atoms with Crippen molar-refractivity contribution in [2.45, 2.75) is 0 Å². The molecule has 1 aromatic rings. The molecule has 0 aromatic heterocycles. The number of nitrogens with zero attached hydrogens (tertiary/aromatic N) is 1. The molecule has 5 N–H and O–H groups in total. The first-order valence-electron chi connectivity index (χ1n) is 2.89. The molecule has 1 rings (SSSR count). The van der Waals surface area contributed by atoms with Crippen LogP contribution < -0.4 is 11.6 Å². The first kappa shape index (κ1) is 10.3. The van der Waals surface area contributed by atoms with Crippen LogP contribution in [0.1, 0.15) is 0 Å². The average Bonchev–Trinajstić information content (AvgIpc) is 2.04. The summed E-state index contributed by atoms with van der Waals surface area (Å²) in [6, 6.07) is 5.83. The van der Waals surface area contributed by atoms with Gasteiger partial charge in [0, 0.05) is 6.07 Å². The molecule has 12 heavy (non-hydrogen) atoms. The molecule has 0 aliphatic rings. The molecule has 0 spiro atoms. The second-order valence-electron chi connectivity index (χ2n) is 1.89. The molecule has 0 unspecified atom stereocenters. The SMILES string of the molecule is N.O=[N+]([O-])c1ccccc1NO. The minimum absolute atomic E-state index is 0. The number of nitrogens with one attached hydrogen (secondary N) is 1. The predicted molar refractivity (Wildman–Crippen MR) is 43.5 cm³/mol. The molecular weight excluding hydrogens is 162 g/mol. The highest BCUT2D eigenvalue weighted by molar-refractivity contribution is 5.59. The summed E-state index contributed by atoms with van der Waals surface area (Å²) in [7, 11) is 0. The van der Waals surface area contributed by atoms with Crippen LogP contribution in [0, 0.1) is 10.1 Å². The van der Waals surface area contributed by atoms with Crippen molar-refractivity contribution in [1.29, 1.82) is 0 Å². The van der Waals surface area contributed by atoms with Gasteiger partial charge in [0.15, 0.2) is 0 Å². The first-order valence-corrected chi connectivity index (χ1v) is 2.89. The minimum atomic E-state index is -0.571. The fourth-order valence-corrected chi connectivity index (χ4v) is 0.727. The van der Waals surface area contributed by atoms with Crippen LogP contribution in [0.2, 0.25) is 0 Å². The molecule has 0 atom stereocenters. The summed E-state index contributed by atoms with van der Waals surface area (Å²) in [5.41, 5.74) is 1.69. The van der Waals surface area contributed by atoms with Crippen molar-refractivity contribution in [3.05, 3.63) is 34.4 Å². The Labute approximate surface area is 68.5 Å². The van der Waals surface area contributed by atoms with E-state index >= 15 is 0 Å². The van der Waals surface area contributed by atoms with Gasteiger partial charge in [-0.15, -0.1) is 0 Å². The van der Waals surface area contributed by atoms with Gasteiger partial charge in [0.05, 0.1) is 4.92 Å². The minimum Gasteiger partial charge on any atom is -0.344 e. The van der Waals surface area contributed by atoms with Crippen molar-refractivity contribution >= 4 is 11.4 Å². The van der Waals surface area contributed by atoms with E-state index in [1.807, 2.05) is 0 Å². The van der Waals surface area contributed by atoms with Gasteiger partial charge in [-0.25, -0.2) is 0 Å². The zero-order chi connectivity index (χ0) is 8.27. The number of hydrogen-bond donors (Lipinski definition) is 3. The van der Waals surface area contributed by atoms with Crippen LogP contribution in [0.4, 0.5) is 11.4 Å². The number of benzene rings is 1. The molecule has 0 heterocycles. The number of rotatable bonds is 2. The van der Waals surface area contributed by atoms with Crippen molar-refractivity contribution in [2.75, 3.05) is 5.48 Å².